The number of hydrogen-bond donors (Lipinski definition) is 1. The van der Waals surface area contributed by atoms with Crippen molar-refractivity contribution in [2.24, 2.45) is 15.3 Å². The summed E-state index contributed by atoms with van der Waals surface area (Å²) >= 11 is 0. The molecule has 0 fully saturated rings. The fourth-order valence-corrected chi connectivity index (χ4v) is 2.20. The first kappa shape index (κ1) is 16.5. The predicted molar refractivity (Wildman–Crippen MR) is 94.3 cm³/mol. The molecule has 126 valence electrons. The Kier molecular flexibility index (Phi) is 5.56. The zero-order chi connectivity index (χ0) is 17.3. The number of hydrogen-bond acceptors (Lipinski definition) is 7. The van der Waals surface area contributed by atoms with E-state index < -0.39 is 0 Å². The summed E-state index contributed by atoms with van der Waals surface area (Å²) in [5.74, 6) is 1.19. The van der Waals surface area contributed by atoms with Crippen molar-refractivity contribution >= 4 is 17.2 Å². The summed E-state index contributed by atoms with van der Waals surface area (Å²) in [6.45, 7) is 1.11. The van der Waals surface area contributed by atoms with Crippen LogP contribution in [0.15, 0.2) is 63.9 Å². The summed E-state index contributed by atoms with van der Waals surface area (Å²) < 4.78 is 11.5. The summed E-state index contributed by atoms with van der Waals surface area (Å²) in [4.78, 5) is 0. The molecule has 0 atom stereocenters. The number of anilines is 1. The smallest absolute Gasteiger partial charge is 0.270 e. The molecule has 25 heavy (non-hydrogen) atoms. The summed E-state index contributed by atoms with van der Waals surface area (Å²) in [5, 5.41) is 21.2. The van der Waals surface area contributed by atoms with Gasteiger partial charge in [0.1, 0.15) is 23.3 Å². The van der Waals surface area contributed by atoms with Crippen LogP contribution in [-0.4, -0.2) is 19.0 Å². The van der Waals surface area contributed by atoms with Crippen molar-refractivity contribution in [2.75, 3.05) is 18.6 Å². The van der Waals surface area contributed by atoms with E-state index in [0.717, 1.165) is 12.8 Å². The zero-order valence-electron chi connectivity index (χ0n) is 13.6. The zero-order valence-corrected chi connectivity index (χ0v) is 13.6. The highest BCUT2D eigenvalue weighted by Crippen LogP contribution is 2.28. The molecule has 0 aliphatic carbocycles. The van der Waals surface area contributed by atoms with Crippen LogP contribution in [0.3, 0.4) is 0 Å². The minimum Gasteiger partial charge on any atom is -0.491 e. The number of benzene rings is 2. The number of hydrazone groups is 1. The number of nitriles is 1. The van der Waals surface area contributed by atoms with Crippen LogP contribution in [0.25, 0.3) is 0 Å². The predicted octanol–water partition coefficient (Wildman–Crippen LogP) is 4.27. The lowest BCUT2D eigenvalue weighted by Gasteiger charge is -2.11. The third-order valence-electron chi connectivity index (χ3n) is 3.44. The molecule has 1 heterocycles. The van der Waals surface area contributed by atoms with Gasteiger partial charge < -0.3 is 9.47 Å². The summed E-state index contributed by atoms with van der Waals surface area (Å²) in [6.07, 6.45) is 1.70. The van der Waals surface area contributed by atoms with Crippen LogP contribution >= 0.6 is 0 Å². The average Bonchev–Trinajstić information content (AvgIpc) is 2.66. The number of nitrogens with zero attached hydrogens (tertiary/aromatic N) is 4. The number of para-hydroxylation sites is 3. The second-order valence-electron chi connectivity index (χ2n) is 5.23. The minimum absolute atomic E-state index is 0.0977. The summed E-state index contributed by atoms with van der Waals surface area (Å²) in [7, 11) is 0. The molecule has 2 aromatic rings. The summed E-state index contributed by atoms with van der Waals surface area (Å²) in [5.41, 5.74) is 4.03. The highest BCUT2D eigenvalue weighted by Gasteiger charge is 2.06. The van der Waals surface area contributed by atoms with Gasteiger partial charge in [0, 0.05) is 0 Å². The highest BCUT2D eigenvalue weighted by atomic mass is 16.5. The maximum Gasteiger partial charge on any atom is 0.270 e. The van der Waals surface area contributed by atoms with Gasteiger partial charge in [0.2, 0.25) is 0 Å². The van der Waals surface area contributed by atoms with Crippen LogP contribution in [0.1, 0.15) is 12.8 Å². The molecular weight excluding hydrogens is 318 g/mol. The molecule has 7 heteroatoms. The average molecular weight is 335 g/mol. The summed E-state index contributed by atoms with van der Waals surface area (Å²) in [6, 6.07) is 16.6. The van der Waals surface area contributed by atoms with Crippen LogP contribution in [0.2, 0.25) is 0 Å². The molecule has 1 aliphatic rings. The molecule has 2 aromatic carbocycles. The van der Waals surface area contributed by atoms with Crippen molar-refractivity contribution < 1.29 is 9.47 Å². The van der Waals surface area contributed by atoms with E-state index in [-0.39, 0.29) is 5.84 Å². The first-order valence-corrected chi connectivity index (χ1v) is 7.96. The third kappa shape index (κ3) is 4.54. The largest absolute Gasteiger partial charge is 0.491 e. The van der Waals surface area contributed by atoms with E-state index in [4.69, 9.17) is 9.47 Å². The third-order valence-corrected chi connectivity index (χ3v) is 3.44. The number of ether oxygens (including phenoxy) is 2. The number of azo groups is 1. The Morgan fingerprint density at radius 3 is 2.36 bits per heavy atom. The molecule has 0 saturated carbocycles. The molecule has 0 aromatic heterocycles. The van der Waals surface area contributed by atoms with Crippen molar-refractivity contribution in [1.29, 1.82) is 5.26 Å². The van der Waals surface area contributed by atoms with Gasteiger partial charge in [-0.15, -0.1) is 15.3 Å². The molecule has 1 aliphatic heterocycles. The maximum atomic E-state index is 9.20. The molecule has 0 radical (unpaired) electrons. The van der Waals surface area contributed by atoms with Crippen LogP contribution < -0.4 is 14.9 Å². The van der Waals surface area contributed by atoms with Gasteiger partial charge in [-0.25, -0.2) is 0 Å². The number of fused-ring (bicyclic) bond motifs is 2. The quantitative estimate of drug-likeness (QED) is 0.778. The number of nitrogens with one attached hydrogen (secondary N) is 1. The first-order valence-electron chi connectivity index (χ1n) is 7.96. The van der Waals surface area contributed by atoms with Crippen LogP contribution in [0.5, 0.6) is 11.5 Å². The molecule has 0 spiro atoms. The lowest BCUT2D eigenvalue weighted by molar-refractivity contribution is 0.267. The van der Waals surface area contributed by atoms with Gasteiger partial charge in [-0.3, -0.25) is 5.43 Å². The van der Waals surface area contributed by atoms with Crippen molar-refractivity contribution in [3.8, 4) is 17.6 Å². The minimum atomic E-state index is -0.0977. The Morgan fingerprint density at radius 2 is 1.56 bits per heavy atom. The molecule has 7 nitrogen and oxygen atoms in total. The number of amidine groups is 1. The number of rotatable bonds is 0. The standard InChI is InChI=1S/C18H17N5O2/c19-13-18-22-20-14-7-1-3-9-16(14)24-11-5-6-12-25-17-10-4-2-8-15(17)21-23-18/h1-4,7-10,20H,5-6,11-12H2/b22-18-,23-21?. The van der Waals surface area contributed by atoms with Crippen molar-refractivity contribution in [3.63, 3.8) is 0 Å². The van der Waals surface area contributed by atoms with E-state index in [1.165, 1.54) is 0 Å². The molecular formula is C18H17N5O2. The molecule has 0 amide bonds. The molecule has 0 unspecified atom stereocenters. The first-order chi connectivity index (χ1) is 12.4. The van der Waals surface area contributed by atoms with E-state index in [0.29, 0.717) is 36.1 Å². The van der Waals surface area contributed by atoms with E-state index in [1.807, 2.05) is 48.5 Å². The van der Waals surface area contributed by atoms with E-state index in [1.54, 1.807) is 6.07 Å². The van der Waals surface area contributed by atoms with Crippen molar-refractivity contribution in [2.45, 2.75) is 12.8 Å². The topological polar surface area (TPSA) is 91.4 Å². The van der Waals surface area contributed by atoms with Crippen molar-refractivity contribution in [3.05, 3.63) is 48.5 Å². The highest BCUT2D eigenvalue weighted by molar-refractivity contribution is 5.97. The Labute approximate surface area is 145 Å². The van der Waals surface area contributed by atoms with Gasteiger partial charge in [-0.1, -0.05) is 24.3 Å². The Hall–Kier alpha value is -3.40. The monoisotopic (exact) mass is 335 g/mol. The van der Waals surface area contributed by atoms with E-state index in [2.05, 4.69) is 20.8 Å². The lowest BCUT2D eigenvalue weighted by atomic mass is 10.3. The van der Waals surface area contributed by atoms with Crippen LogP contribution in [0.4, 0.5) is 11.4 Å². The molecule has 0 bridgehead atoms. The Morgan fingerprint density at radius 1 is 0.880 bits per heavy atom. The SMILES string of the molecule is N#C/C1=N/Nc2ccccc2OCCCCOc2ccccc2N=N1. The second-order valence-corrected chi connectivity index (χ2v) is 5.23. The van der Waals surface area contributed by atoms with Gasteiger partial charge in [0.05, 0.1) is 18.9 Å². The Bertz CT molecular complexity index is 826. The fourth-order valence-electron chi connectivity index (χ4n) is 2.20. The van der Waals surface area contributed by atoms with Crippen molar-refractivity contribution in [1.82, 2.24) is 0 Å². The van der Waals surface area contributed by atoms with Gasteiger partial charge in [-0.2, -0.15) is 5.26 Å². The maximum absolute atomic E-state index is 9.20. The van der Waals surface area contributed by atoms with Gasteiger partial charge in [0.25, 0.3) is 5.84 Å². The molecule has 0 saturated heterocycles. The Balaban J connectivity index is 1.90. The van der Waals surface area contributed by atoms with Gasteiger partial charge >= 0.3 is 0 Å². The van der Waals surface area contributed by atoms with Gasteiger partial charge in [-0.05, 0) is 37.1 Å². The normalized spacial score (nSPS) is 16.8. The van der Waals surface area contributed by atoms with Crippen LogP contribution in [0, 0.1) is 11.3 Å². The van der Waals surface area contributed by atoms with E-state index >= 15 is 0 Å². The molecule has 1 N–H and O–H groups in total. The molecule has 3 rings (SSSR count). The lowest BCUT2D eigenvalue weighted by Crippen LogP contribution is -2.04. The fraction of sp³-hybridized carbons (Fsp3) is 0.222. The van der Waals surface area contributed by atoms with Crippen LogP contribution in [-0.2, 0) is 0 Å². The van der Waals surface area contributed by atoms with Gasteiger partial charge in [0.15, 0.2) is 0 Å². The van der Waals surface area contributed by atoms with E-state index in [9.17, 15) is 5.26 Å². The second kappa shape index (κ2) is 8.45.